The molecule has 2 aromatic carbocycles. The van der Waals surface area contributed by atoms with Gasteiger partial charge in [0.1, 0.15) is 5.75 Å². The number of hydrogen-bond acceptors (Lipinski definition) is 4. The number of hydrogen-bond donors (Lipinski definition) is 3. The van der Waals surface area contributed by atoms with Gasteiger partial charge in [0.25, 0.3) is 5.91 Å². The Morgan fingerprint density at radius 2 is 2.15 bits per heavy atom. The second kappa shape index (κ2) is 8.09. The molecule has 1 atom stereocenters. The fraction of sp³-hybridized carbons (Fsp3) is 0.300. The number of carbonyl (C=O) groups is 2. The van der Waals surface area contributed by atoms with Crippen LogP contribution in [-0.4, -0.2) is 43.8 Å². The molecule has 0 unspecified atom stereocenters. The number of amides is 3. The third-order valence-electron chi connectivity index (χ3n) is 4.55. The summed E-state index contributed by atoms with van der Waals surface area (Å²) in [4.78, 5) is 26.0. The molecule has 27 heavy (non-hydrogen) atoms. The van der Waals surface area contributed by atoms with Crippen LogP contribution in [0.2, 0.25) is 0 Å². The normalized spacial score (nSPS) is 14.6. The number of ether oxygens (including phenoxy) is 1. The van der Waals surface area contributed by atoms with Crippen molar-refractivity contribution < 1.29 is 19.4 Å². The maximum atomic E-state index is 12.5. The van der Waals surface area contributed by atoms with Gasteiger partial charge in [-0.05, 0) is 42.3 Å². The van der Waals surface area contributed by atoms with Gasteiger partial charge in [-0.25, -0.2) is 4.79 Å². The van der Waals surface area contributed by atoms with E-state index in [9.17, 15) is 14.7 Å². The molecule has 0 bridgehead atoms. The number of benzene rings is 2. The summed E-state index contributed by atoms with van der Waals surface area (Å²) < 4.78 is 5.15. The van der Waals surface area contributed by atoms with Crippen LogP contribution in [0.4, 0.5) is 10.5 Å². The average molecular weight is 369 g/mol. The van der Waals surface area contributed by atoms with Gasteiger partial charge in [-0.1, -0.05) is 18.2 Å². The van der Waals surface area contributed by atoms with Gasteiger partial charge >= 0.3 is 6.03 Å². The number of urea groups is 1. The van der Waals surface area contributed by atoms with Crippen molar-refractivity contribution in [3.63, 3.8) is 0 Å². The Kier molecular flexibility index (Phi) is 5.61. The van der Waals surface area contributed by atoms with Gasteiger partial charge in [0.05, 0.1) is 13.2 Å². The van der Waals surface area contributed by atoms with Gasteiger partial charge in [0.2, 0.25) is 0 Å². The number of aliphatic hydroxyl groups is 1. The second-order valence-corrected chi connectivity index (χ2v) is 6.39. The largest absolute Gasteiger partial charge is 0.497 e. The van der Waals surface area contributed by atoms with E-state index in [0.717, 1.165) is 5.56 Å². The molecule has 0 aliphatic carbocycles. The van der Waals surface area contributed by atoms with E-state index >= 15 is 0 Å². The molecular formula is C20H23N3O4. The van der Waals surface area contributed by atoms with Crippen LogP contribution >= 0.6 is 0 Å². The molecule has 7 nitrogen and oxygen atoms in total. The lowest BCUT2D eigenvalue weighted by Gasteiger charge is -2.18. The Bertz CT molecular complexity index is 853. The zero-order chi connectivity index (χ0) is 19.4. The maximum absolute atomic E-state index is 12.5. The smallest absolute Gasteiger partial charge is 0.322 e. The quantitative estimate of drug-likeness (QED) is 0.726. The number of anilines is 1. The number of carbonyl (C=O) groups excluding carboxylic acids is 2. The Morgan fingerprint density at radius 3 is 2.85 bits per heavy atom. The van der Waals surface area contributed by atoms with E-state index in [2.05, 4.69) is 10.6 Å². The Labute approximate surface area is 157 Å². The van der Waals surface area contributed by atoms with Crippen LogP contribution in [0.15, 0.2) is 42.5 Å². The van der Waals surface area contributed by atoms with E-state index in [1.165, 1.54) is 0 Å². The second-order valence-electron chi connectivity index (χ2n) is 6.39. The van der Waals surface area contributed by atoms with Crippen molar-refractivity contribution in [2.45, 2.75) is 13.0 Å². The van der Waals surface area contributed by atoms with Crippen LogP contribution in [0.25, 0.3) is 0 Å². The van der Waals surface area contributed by atoms with Crippen LogP contribution in [0.5, 0.6) is 5.75 Å². The molecule has 3 rings (SSSR count). The first-order valence-corrected chi connectivity index (χ1v) is 8.76. The summed E-state index contributed by atoms with van der Waals surface area (Å²) in [5, 5.41) is 15.8. The van der Waals surface area contributed by atoms with Gasteiger partial charge in [0.15, 0.2) is 0 Å². The minimum atomic E-state index is -0.849. The van der Waals surface area contributed by atoms with E-state index < -0.39 is 6.10 Å². The number of rotatable bonds is 6. The van der Waals surface area contributed by atoms with Crippen LogP contribution in [0, 0.1) is 6.92 Å². The van der Waals surface area contributed by atoms with Gasteiger partial charge in [-0.15, -0.1) is 0 Å². The van der Waals surface area contributed by atoms with Crippen LogP contribution in [0.3, 0.4) is 0 Å². The molecule has 2 aromatic rings. The topological polar surface area (TPSA) is 90.9 Å². The average Bonchev–Trinajstić information content (AvgIpc) is 3.12. The molecule has 0 radical (unpaired) electrons. The summed E-state index contributed by atoms with van der Waals surface area (Å²) in [7, 11) is 1.56. The highest BCUT2D eigenvalue weighted by molar-refractivity contribution is 5.99. The summed E-state index contributed by atoms with van der Waals surface area (Å²) in [6.07, 6.45) is -0.849. The highest BCUT2D eigenvalue weighted by Crippen LogP contribution is 2.23. The fourth-order valence-corrected chi connectivity index (χ4v) is 3.00. The summed E-state index contributed by atoms with van der Waals surface area (Å²) in [6, 6.07) is 12.1. The summed E-state index contributed by atoms with van der Waals surface area (Å²) in [5.74, 6) is 0.336. The van der Waals surface area contributed by atoms with Crippen LogP contribution < -0.4 is 20.3 Å². The number of methoxy groups -OCH3 is 1. The molecule has 1 aliphatic rings. The zero-order valence-electron chi connectivity index (χ0n) is 15.4. The maximum Gasteiger partial charge on any atom is 0.322 e. The van der Waals surface area contributed by atoms with Crippen molar-refractivity contribution >= 4 is 17.6 Å². The predicted octanol–water partition coefficient (Wildman–Crippen LogP) is 2.00. The molecule has 7 heteroatoms. The van der Waals surface area contributed by atoms with Crippen LogP contribution in [-0.2, 0) is 0 Å². The molecule has 0 aromatic heterocycles. The van der Waals surface area contributed by atoms with E-state index in [-0.39, 0.29) is 18.5 Å². The molecule has 1 aliphatic heterocycles. The van der Waals surface area contributed by atoms with E-state index in [1.54, 1.807) is 48.4 Å². The molecule has 1 fully saturated rings. The van der Waals surface area contributed by atoms with Crippen molar-refractivity contribution in [3.05, 3.63) is 59.2 Å². The Balaban J connectivity index is 1.68. The Hall–Kier alpha value is -3.06. The first-order valence-electron chi connectivity index (χ1n) is 8.76. The lowest BCUT2D eigenvalue weighted by Crippen LogP contribution is -2.30. The first-order chi connectivity index (χ1) is 13.0. The van der Waals surface area contributed by atoms with E-state index in [1.807, 2.05) is 13.0 Å². The minimum absolute atomic E-state index is 0.0689. The van der Waals surface area contributed by atoms with Crippen molar-refractivity contribution in [1.29, 1.82) is 0 Å². The molecule has 1 saturated heterocycles. The third-order valence-corrected chi connectivity index (χ3v) is 4.55. The number of aryl methyl sites for hydroxylation is 1. The highest BCUT2D eigenvalue weighted by Gasteiger charge is 2.23. The van der Waals surface area contributed by atoms with Gasteiger partial charge < -0.3 is 20.5 Å². The molecule has 0 spiro atoms. The summed E-state index contributed by atoms with van der Waals surface area (Å²) >= 11 is 0. The lowest BCUT2D eigenvalue weighted by molar-refractivity contribution is 0.0916. The minimum Gasteiger partial charge on any atom is -0.497 e. The van der Waals surface area contributed by atoms with Crippen molar-refractivity contribution in [2.75, 3.05) is 31.6 Å². The SMILES string of the molecule is COc1cccc([C@@H](O)CNC(=O)c2ccc(C)c(N3CCNC3=O)c2)c1. The first kappa shape index (κ1) is 18.7. The molecule has 0 saturated carbocycles. The molecule has 3 amide bonds. The van der Waals surface area contributed by atoms with E-state index in [0.29, 0.717) is 35.7 Å². The number of nitrogens with one attached hydrogen (secondary N) is 2. The lowest BCUT2D eigenvalue weighted by atomic mass is 10.1. The van der Waals surface area contributed by atoms with E-state index in [4.69, 9.17) is 4.74 Å². The molecule has 1 heterocycles. The number of nitrogens with zero attached hydrogens (tertiary/aromatic N) is 1. The predicted molar refractivity (Wildman–Crippen MR) is 102 cm³/mol. The van der Waals surface area contributed by atoms with Crippen LogP contribution in [0.1, 0.15) is 27.6 Å². The molecular weight excluding hydrogens is 346 g/mol. The Morgan fingerprint density at radius 1 is 1.33 bits per heavy atom. The number of aliphatic hydroxyl groups excluding tert-OH is 1. The highest BCUT2D eigenvalue weighted by atomic mass is 16.5. The van der Waals surface area contributed by atoms with Gasteiger partial charge in [-0.2, -0.15) is 0 Å². The van der Waals surface area contributed by atoms with Crippen molar-refractivity contribution in [3.8, 4) is 5.75 Å². The fourth-order valence-electron chi connectivity index (χ4n) is 3.00. The van der Waals surface area contributed by atoms with Crippen molar-refractivity contribution in [2.24, 2.45) is 0 Å². The molecule has 3 N–H and O–H groups in total. The standard InChI is InChI=1S/C20H23N3O4/c1-13-6-7-15(11-17(13)23-9-8-21-20(23)26)19(25)22-12-18(24)14-4-3-5-16(10-14)27-2/h3-7,10-11,18,24H,8-9,12H2,1-2H3,(H,21,26)(H,22,25)/t18-/m0/s1. The van der Waals surface area contributed by atoms with Gasteiger partial charge in [-0.3, -0.25) is 9.69 Å². The van der Waals surface area contributed by atoms with Crippen molar-refractivity contribution in [1.82, 2.24) is 10.6 Å². The summed E-state index contributed by atoms with van der Waals surface area (Å²) in [5.41, 5.74) is 2.73. The van der Waals surface area contributed by atoms with Gasteiger partial charge in [0, 0.05) is 30.9 Å². The molecule has 142 valence electrons. The zero-order valence-corrected chi connectivity index (χ0v) is 15.4. The summed E-state index contributed by atoms with van der Waals surface area (Å²) in [6.45, 7) is 3.12. The monoisotopic (exact) mass is 369 g/mol. The third kappa shape index (κ3) is 4.20.